The second-order valence-electron chi connectivity index (χ2n) is 13.8. The summed E-state index contributed by atoms with van der Waals surface area (Å²) in [5.41, 5.74) is 8.08. The molecule has 0 aliphatic carbocycles. The lowest BCUT2D eigenvalue weighted by molar-refractivity contribution is 0.908. The Morgan fingerprint density at radius 1 is 0.412 bits per heavy atom. The van der Waals surface area contributed by atoms with Gasteiger partial charge in [0.25, 0.3) is 0 Å². The van der Waals surface area contributed by atoms with E-state index in [1.54, 1.807) is 0 Å². The monoisotopic (exact) mass is 648 g/mol. The van der Waals surface area contributed by atoms with Crippen molar-refractivity contribution in [3.63, 3.8) is 0 Å². The van der Waals surface area contributed by atoms with E-state index in [2.05, 4.69) is 175 Å². The zero-order chi connectivity index (χ0) is 33.6. The lowest BCUT2D eigenvalue weighted by Crippen LogP contribution is -1.99. The van der Waals surface area contributed by atoms with Gasteiger partial charge in [-0.1, -0.05) is 128 Å². The maximum Gasteiger partial charge on any atom is 0.114 e. The minimum atomic E-state index is 0.864. The highest BCUT2D eigenvalue weighted by molar-refractivity contribution is 6.37. The van der Waals surface area contributed by atoms with Crippen molar-refractivity contribution in [3.8, 4) is 27.9 Å². The first-order valence-electron chi connectivity index (χ1n) is 17.9. The summed E-state index contributed by atoms with van der Waals surface area (Å²) in [6, 6.07) is 60.6. The summed E-state index contributed by atoms with van der Waals surface area (Å²) in [4.78, 5) is 5.09. The molecular weight excluding hydrogens is 617 g/mol. The molecule has 11 aromatic rings. The standard InChI is InChI=1S/C49H32N2/c1-2-45-50-43-29-35(24-25-44(43)51(45)38-15-4-3-5-16-38)33-13-6-14-34(26-33)37-27-36-23-22-32-11-8-18-40-39-17-7-10-30-20-21-31-12-9-19-41(48(31)46(30)39)42(28-37)49(36)47(32)40/h3-29H,2H2,1H3. The quantitative estimate of drug-likeness (QED) is 0.174. The summed E-state index contributed by atoms with van der Waals surface area (Å²) in [7, 11) is 0. The average Bonchev–Trinajstić information content (AvgIpc) is 3.57. The van der Waals surface area contributed by atoms with Crippen molar-refractivity contribution in [3.05, 3.63) is 170 Å². The highest BCUT2D eigenvalue weighted by atomic mass is 15.1. The van der Waals surface area contributed by atoms with Gasteiger partial charge in [0.1, 0.15) is 5.82 Å². The number of hydrogen-bond acceptors (Lipinski definition) is 1. The van der Waals surface area contributed by atoms with Crippen LogP contribution in [0.3, 0.4) is 0 Å². The summed E-state index contributed by atoms with van der Waals surface area (Å²) >= 11 is 0. The third-order valence-electron chi connectivity index (χ3n) is 11.0. The molecule has 51 heavy (non-hydrogen) atoms. The molecule has 0 N–H and O–H groups in total. The van der Waals surface area contributed by atoms with Crippen LogP contribution in [-0.4, -0.2) is 9.55 Å². The van der Waals surface area contributed by atoms with E-state index in [-0.39, 0.29) is 0 Å². The van der Waals surface area contributed by atoms with Crippen LogP contribution in [0.1, 0.15) is 12.7 Å². The Morgan fingerprint density at radius 2 is 0.961 bits per heavy atom. The van der Waals surface area contributed by atoms with E-state index in [9.17, 15) is 0 Å². The van der Waals surface area contributed by atoms with Crippen molar-refractivity contribution in [1.29, 1.82) is 0 Å². The molecule has 2 heteroatoms. The van der Waals surface area contributed by atoms with Crippen molar-refractivity contribution >= 4 is 75.7 Å². The smallest absolute Gasteiger partial charge is 0.114 e. The maximum absolute atomic E-state index is 5.09. The van der Waals surface area contributed by atoms with Gasteiger partial charge in [-0.25, -0.2) is 4.98 Å². The predicted octanol–water partition coefficient (Wildman–Crippen LogP) is 13.3. The molecule has 0 spiro atoms. The molecule has 0 aliphatic rings. The zero-order valence-electron chi connectivity index (χ0n) is 28.2. The Bertz CT molecular complexity index is 3160. The van der Waals surface area contributed by atoms with Crippen LogP contribution in [0.25, 0.3) is 104 Å². The van der Waals surface area contributed by atoms with E-state index in [4.69, 9.17) is 4.98 Å². The number of aromatic nitrogens is 2. The van der Waals surface area contributed by atoms with Crippen molar-refractivity contribution in [1.82, 2.24) is 9.55 Å². The van der Waals surface area contributed by atoms with E-state index in [1.165, 1.54) is 86.9 Å². The van der Waals surface area contributed by atoms with Gasteiger partial charge >= 0.3 is 0 Å². The first-order valence-corrected chi connectivity index (χ1v) is 17.9. The maximum atomic E-state index is 5.09. The summed E-state index contributed by atoms with van der Waals surface area (Å²) in [5.74, 6) is 1.07. The van der Waals surface area contributed by atoms with E-state index in [1.807, 2.05) is 0 Å². The summed E-state index contributed by atoms with van der Waals surface area (Å²) in [5, 5.41) is 15.6. The Balaban J connectivity index is 1.16. The van der Waals surface area contributed by atoms with E-state index >= 15 is 0 Å². The van der Waals surface area contributed by atoms with Crippen molar-refractivity contribution in [2.45, 2.75) is 13.3 Å². The molecule has 0 bridgehead atoms. The minimum Gasteiger partial charge on any atom is -0.296 e. The molecule has 0 saturated heterocycles. The molecule has 0 saturated carbocycles. The number of benzene rings is 9. The molecule has 0 amide bonds. The number of aryl methyl sites for hydroxylation is 1. The molecule has 1 heterocycles. The second kappa shape index (κ2) is 10.7. The van der Waals surface area contributed by atoms with Crippen LogP contribution in [0.4, 0.5) is 0 Å². The normalized spacial score (nSPS) is 12.1. The minimum absolute atomic E-state index is 0.864. The molecule has 0 unspecified atom stereocenters. The lowest BCUT2D eigenvalue weighted by atomic mass is 9.86. The number of rotatable bonds is 4. The van der Waals surface area contributed by atoms with Crippen LogP contribution >= 0.6 is 0 Å². The van der Waals surface area contributed by atoms with Gasteiger partial charge in [0.2, 0.25) is 0 Å². The fourth-order valence-electron chi connectivity index (χ4n) is 8.74. The van der Waals surface area contributed by atoms with Crippen molar-refractivity contribution < 1.29 is 0 Å². The van der Waals surface area contributed by atoms with Crippen LogP contribution in [-0.2, 0) is 6.42 Å². The van der Waals surface area contributed by atoms with Gasteiger partial charge in [0, 0.05) is 12.1 Å². The summed E-state index contributed by atoms with van der Waals surface area (Å²) in [6.07, 6.45) is 0.864. The topological polar surface area (TPSA) is 17.8 Å². The van der Waals surface area contributed by atoms with E-state index < -0.39 is 0 Å². The van der Waals surface area contributed by atoms with Gasteiger partial charge < -0.3 is 0 Å². The first-order chi connectivity index (χ1) is 25.2. The third kappa shape index (κ3) is 4.14. The van der Waals surface area contributed by atoms with Crippen LogP contribution in [0.2, 0.25) is 0 Å². The van der Waals surface area contributed by atoms with Gasteiger partial charge in [-0.3, -0.25) is 4.57 Å². The summed E-state index contributed by atoms with van der Waals surface area (Å²) < 4.78 is 2.29. The molecule has 2 nitrogen and oxygen atoms in total. The van der Waals surface area contributed by atoms with Gasteiger partial charge in [-0.05, 0) is 129 Å². The number of para-hydroxylation sites is 1. The second-order valence-corrected chi connectivity index (χ2v) is 13.8. The third-order valence-corrected chi connectivity index (χ3v) is 11.0. The van der Waals surface area contributed by atoms with Crippen LogP contribution < -0.4 is 0 Å². The molecule has 1 aromatic heterocycles. The Hall–Kier alpha value is -6.51. The van der Waals surface area contributed by atoms with Crippen LogP contribution in [0, 0.1) is 0 Å². The molecule has 0 radical (unpaired) electrons. The summed E-state index contributed by atoms with van der Waals surface area (Å²) in [6.45, 7) is 2.18. The highest BCUT2D eigenvalue weighted by Gasteiger charge is 2.17. The first kappa shape index (κ1) is 28.3. The van der Waals surface area contributed by atoms with Crippen LogP contribution in [0.5, 0.6) is 0 Å². The van der Waals surface area contributed by atoms with Gasteiger partial charge in [-0.15, -0.1) is 0 Å². The van der Waals surface area contributed by atoms with Crippen molar-refractivity contribution in [2.24, 2.45) is 0 Å². The van der Waals surface area contributed by atoms with E-state index in [0.29, 0.717) is 0 Å². The van der Waals surface area contributed by atoms with Crippen molar-refractivity contribution in [2.75, 3.05) is 0 Å². The Morgan fingerprint density at radius 3 is 1.61 bits per heavy atom. The Labute approximate surface area is 295 Å². The molecule has 10 aromatic carbocycles. The number of hydrogen-bond donors (Lipinski definition) is 0. The molecule has 0 atom stereocenters. The average molecular weight is 649 g/mol. The fraction of sp³-hybridized carbons (Fsp3) is 0.0408. The predicted molar refractivity (Wildman–Crippen MR) is 218 cm³/mol. The largest absolute Gasteiger partial charge is 0.296 e. The van der Waals surface area contributed by atoms with Crippen LogP contribution in [0.15, 0.2) is 164 Å². The number of fused-ring (bicyclic) bond motifs is 3. The fourth-order valence-corrected chi connectivity index (χ4v) is 8.74. The Kier molecular flexibility index (Phi) is 5.97. The van der Waals surface area contributed by atoms with Gasteiger partial charge in [0.05, 0.1) is 11.0 Å². The van der Waals surface area contributed by atoms with E-state index in [0.717, 1.165) is 29.0 Å². The number of imidazole rings is 1. The zero-order valence-corrected chi connectivity index (χ0v) is 28.2. The lowest BCUT2D eigenvalue weighted by Gasteiger charge is -2.17. The molecule has 0 aliphatic heterocycles. The molecule has 11 rings (SSSR count). The molecular formula is C49H32N2. The van der Waals surface area contributed by atoms with Gasteiger partial charge in [0.15, 0.2) is 0 Å². The SMILES string of the molecule is CCc1nc2cc(-c3cccc(-c4cc5ccc6cccc7c8cccc9ccc%10cccc(c(c4)c5c67)c%10c98)c3)ccc2n1-c1ccccc1. The number of nitrogens with zero attached hydrogens (tertiary/aromatic N) is 2. The van der Waals surface area contributed by atoms with Gasteiger partial charge in [-0.2, -0.15) is 0 Å². The molecule has 0 fully saturated rings. The molecule has 238 valence electrons. The highest BCUT2D eigenvalue weighted by Crippen LogP contribution is 2.44.